The number of Topliss-reactive ketones (excluding diaryl/α,β-unsaturated/α-hetero) is 1. The molecule has 1 heterocycles. The summed E-state index contributed by atoms with van der Waals surface area (Å²) in [6.45, 7) is 3.55. The minimum Gasteiger partial charge on any atom is -0.503 e. The van der Waals surface area contributed by atoms with Crippen LogP contribution < -0.4 is 4.90 Å². The van der Waals surface area contributed by atoms with E-state index in [0.29, 0.717) is 5.69 Å². The number of benzene rings is 2. The second kappa shape index (κ2) is 6.51. The molecule has 128 valence electrons. The largest absolute Gasteiger partial charge is 0.503 e. The van der Waals surface area contributed by atoms with Gasteiger partial charge in [-0.15, -0.1) is 0 Å². The highest BCUT2D eigenvalue weighted by atomic mass is 19.1. The zero-order valence-corrected chi connectivity index (χ0v) is 14.0. The van der Waals surface area contributed by atoms with E-state index >= 15 is 0 Å². The second-order valence-corrected chi connectivity index (χ2v) is 5.97. The van der Waals surface area contributed by atoms with Crippen molar-refractivity contribution in [3.8, 4) is 0 Å². The van der Waals surface area contributed by atoms with Gasteiger partial charge < -0.3 is 5.11 Å². The second-order valence-electron chi connectivity index (χ2n) is 5.97. The number of hydrogen-bond acceptors (Lipinski definition) is 3. The molecule has 0 aromatic heterocycles. The SMILES string of the molecule is CCC(=O)C1=C(O)C(=O)N(c2ccc(C)cc2)C1c1ccccc1F. The summed E-state index contributed by atoms with van der Waals surface area (Å²) in [5.74, 6) is -2.23. The predicted octanol–water partition coefficient (Wildman–Crippen LogP) is 4.01. The third-order valence-electron chi connectivity index (χ3n) is 4.34. The van der Waals surface area contributed by atoms with Crippen molar-refractivity contribution in [2.45, 2.75) is 26.3 Å². The number of rotatable bonds is 4. The molecule has 3 rings (SSSR count). The molecule has 1 atom stereocenters. The maximum Gasteiger partial charge on any atom is 0.294 e. The molecule has 0 bridgehead atoms. The van der Waals surface area contributed by atoms with Gasteiger partial charge in [0.25, 0.3) is 5.91 Å². The molecule has 25 heavy (non-hydrogen) atoms. The van der Waals surface area contributed by atoms with E-state index < -0.39 is 23.5 Å². The van der Waals surface area contributed by atoms with Crippen LogP contribution in [0.3, 0.4) is 0 Å². The Hall–Kier alpha value is -2.95. The normalized spacial score (nSPS) is 17.3. The topological polar surface area (TPSA) is 57.6 Å². The molecular weight excluding hydrogens is 321 g/mol. The van der Waals surface area contributed by atoms with Crippen LogP contribution in [0.1, 0.15) is 30.5 Å². The third kappa shape index (κ3) is 2.82. The number of aliphatic hydroxyl groups is 1. The van der Waals surface area contributed by atoms with E-state index in [1.807, 2.05) is 19.1 Å². The Bertz CT molecular complexity index is 871. The number of aliphatic hydroxyl groups excluding tert-OH is 1. The Kier molecular flexibility index (Phi) is 4.40. The number of carbonyl (C=O) groups excluding carboxylic acids is 2. The number of hydrogen-bond donors (Lipinski definition) is 1. The highest BCUT2D eigenvalue weighted by Crippen LogP contribution is 2.42. The van der Waals surface area contributed by atoms with Crippen molar-refractivity contribution >= 4 is 17.4 Å². The number of nitrogens with zero attached hydrogens (tertiary/aromatic N) is 1. The van der Waals surface area contributed by atoms with Crippen molar-refractivity contribution in [3.63, 3.8) is 0 Å². The van der Waals surface area contributed by atoms with E-state index in [-0.39, 0.29) is 23.3 Å². The summed E-state index contributed by atoms with van der Waals surface area (Å²) in [7, 11) is 0. The zero-order valence-electron chi connectivity index (χ0n) is 14.0. The predicted molar refractivity (Wildman–Crippen MR) is 92.8 cm³/mol. The molecule has 0 aliphatic carbocycles. The minimum atomic E-state index is -0.983. The first kappa shape index (κ1) is 16.9. The van der Waals surface area contributed by atoms with E-state index in [9.17, 15) is 19.1 Å². The summed E-state index contributed by atoms with van der Waals surface area (Å²) in [5, 5.41) is 10.3. The van der Waals surface area contributed by atoms with E-state index in [0.717, 1.165) is 5.56 Å². The van der Waals surface area contributed by atoms with E-state index in [2.05, 4.69) is 0 Å². The first-order chi connectivity index (χ1) is 12.0. The Morgan fingerprint density at radius 1 is 1.16 bits per heavy atom. The lowest BCUT2D eigenvalue weighted by atomic mass is 9.94. The lowest BCUT2D eigenvalue weighted by molar-refractivity contribution is -0.118. The maximum absolute atomic E-state index is 14.4. The summed E-state index contributed by atoms with van der Waals surface area (Å²) in [5.41, 5.74) is 1.62. The first-order valence-electron chi connectivity index (χ1n) is 8.06. The number of halogens is 1. The molecule has 0 saturated heterocycles. The molecule has 1 unspecified atom stereocenters. The van der Waals surface area contributed by atoms with Crippen molar-refractivity contribution in [3.05, 3.63) is 76.8 Å². The van der Waals surface area contributed by atoms with Crippen LogP contribution in [-0.4, -0.2) is 16.8 Å². The van der Waals surface area contributed by atoms with Gasteiger partial charge in [-0.3, -0.25) is 14.5 Å². The summed E-state index contributed by atoms with van der Waals surface area (Å²) in [4.78, 5) is 26.3. The maximum atomic E-state index is 14.4. The van der Waals surface area contributed by atoms with Gasteiger partial charge in [0.15, 0.2) is 11.5 Å². The fraction of sp³-hybridized carbons (Fsp3) is 0.200. The molecule has 1 aliphatic heterocycles. The lowest BCUT2D eigenvalue weighted by Gasteiger charge is -2.27. The van der Waals surface area contributed by atoms with Crippen LogP contribution in [0, 0.1) is 12.7 Å². The summed E-state index contributed by atoms with van der Waals surface area (Å²) >= 11 is 0. The lowest BCUT2D eigenvalue weighted by Crippen LogP contribution is -2.31. The van der Waals surface area contributed by atoms with Crippen molar-refractivity contribution in [1.82, 2.24) is 0 Å². The smallest absolute Gasteiger partial charge is 0.294 e. The molecule has 0 fully saturated rings. The quantitative estimate of drug-likeness (QED) is 0.915. The standard InChI is InChI=1S/C20H18FNO3/c1-3-16(23)17-18(14-6-4-5-7-15(14)21)22(20(25)19(17)24)13-10-8-12(2)9-11-13/h4-11,18,24H,3H2,1-2H3. The molecule has 2 aromatic carbocycles. The molecule has 1 aliphatic rings. The highest BCUT2D eigenvalue weighted by molar-refractivity contribution is 6.16. The first-order valence-corrected chi connectivity index (χ1v) is 8.06. The van der Waals surface area contributed by atoms with Gasteiger partial charge in [0, 0.05) is 17.7 Å². The zero-order chi connectivity index (χ0) is 18.1. The Morgan fingerprint density at radius 3 is 2.40 bits per heavy atom. The van der Waals surface area contributed by atoms with Gasteiger partial charge in [0.05, 0.1) is 11.6 Å². The Labute approximate surface area is 145 Å². The average Bonchev–Trinajstić information content (AvgIpc) is 2.87. The molecule has 1 N–H and O–H groups in total. The van der Waals surface area contributed by atoms with Crippen LogP contribution in [0.5, 0.6) is 0 Å². The van der Waals surface area contributed by atoms with Gasteiger partial charge in [-0.2, -0.15) is 0 Å². The van der Waals surface area contributed by atoms with Gasteiger partial charge in [-0.1, -0.05) is 42.8 Å². The van der Waals surface area contributed by atoms with Crippen LogP contribution in [0.25, 0.3) is 0 Å². The van der Waals surface area contributed by atoms with Crippen LogP contribution in [-0.2, 0) is 9.59 Å². The fourth-order valence-electron chi connectivity index (χ4n) is 3.04. The summed E-state index contributed by atoms with van der Waals surface area (Å²) < 4.78 is 14.4. The van der Waals surface area contributed by atoms with Crippen LogP contribution in [0.2, 0.25) is 0 Å². The molecule has 5 heteroatoms. The highest BCUT2D eigenvalue weighted by Gasteiger charge is 2.44. The van der Waals surface area contributed by atoms with E-state index in [4.69, 9.17) is 0 Å². The van der Waals surface area contributed by atoms with Gasteiger partial charge in [-0.25, -0.2) is 4.39 Å². The fourth-order valence-corrected chi connectivity index (χ4v) is 3.04. The van der Waals surface area contributed by atoms with E-state index in [1.165, 1.54) is 23.1 Å². The number of anilines is 1. The molecule has 0 saturated carbocycles. The number of aryl methyl sites for hydroxylation is 1. The average molecular weight is 339 g/mol. The molecule has 2 aromatic rings. The number of amides is 1. The van der Waals surface area contributed by atoms with Crippen molar-refractivity contribution in [2.75, 3.05) is 4.90 Å². The molecule has 0 radical (unpaired) electrons. The van der Waals surface area contributed by atoms with Gasteiger partial charge >= 0.3 is 0 Å². The number of ketones is 1. The monoisotopic (exact) mass is 339 g/mol. The molecule has 4 nitrogen and oxygen atoms in total. The third-order valence-corrected chi connectivity index (χ3v) is 4.34. The Balaban J connectivity index is 2.21. The molecule has 1 amide bonds. The van der Waals surface area contributed by atoms with Crippen LogP contribution in [0.4, 0.5) is 10.1 Å². The van der Waals surface area contributed by atoms with E-state index in [1.54, 1.807) is 25.1 Å². The number of carbonyl (C=O) groups is 2. The van der Waals surface area contributed by atoms with Crippen LogP contribution in [0.15, 0.2) is 59.9 Å². The molecule has 0 spiro atoms. The van der Waals surface area contributed by atoms with Crippen LogP contribution >= 0.6 is 0 Å². The molecular formula is C20H18FNO3. The minimum absolute atomic E-state index is 0.0572. The Morgan fingerprint density at radius 2 is 1.80 bits per heavy atom. The van der Waals surface area contributed by atoms with Gasteiger partial charge in [-0.05, 0) is 25.1 Å². The van der Waals surface area contributed by atoms with Gasteiger partial charge in [0.2, 0.25) is 0 Å². The summed E-state index contributed by atoms with van der Waals surface area (Å²) in [6.07, 6.45) is 0.110. The van der Waals surface area contributed by atoms with Crippen molar-refractivity contribution < 1.29 is 19.1 Å². The van der Waals surface area contributed by atoms with Gasteiger partial charge in [0.1, 0.15) is 5.82 Å². The van der Waals surface area contributed by atoms with Crippen molar-refractivity contribution in [2.24, 2.45) is 0 Å². The summed E-state index contributed by atoms with van der Waals surface area (Å²) in [6, 6.07) is 12.1. The van der Waals surface area contributed by atoms with Crippen molar-refractivity contribution in [1.29, 1.82) is 0 Å².